The van der Waals surface area contributed by atoms with E-state index in [9.17, 15) is 13.2 Å². The van der Waals surface area contributed by atoms with Gasteiger partial charge in [-0.1, -0.05) is 33.6 Å². The Hall–Kier alpha value is -0.210. The van der Waals surface area contributed by atoms with Crippen LogP contribution in [0.1, 0.15) is 46.5 Å². The number of hydrogen-bond donors (Lipinski definition) is 0. The molecule has 13 heavy (non-hydrogen) atoms. The molecule has 0 saturated carbocycles. The summed E-state index contributed by atoms with van der Waals surface area (Å²) in [6.45, 7) is 5.88. The first kappa shape index (κ1) is 12.8. The minimum Gasteiger partial charge on any atom is -0.171 e. The Bertz CT molecular complexity index is 127. The van der Waals surface area contributed by atoms with Crippen molar-refractivity contribution in [3.8, 4) is 0 Å². The molecule has 0 aromatic heterocycles. The first-order valence-corrected chi connectivity index (χ1v) is 4.92. The van der Waals surface area contributed by atoms with E-state index in [-0.39, 0.29) is 5.92 Å². The van der Waals surface area contributed by atoms with Gasteiger partial charge in [-0.2, -0.15) is 13.2 Å². The van der Waals surface area contributed by atoms with Crippen LogP contribution in [0.2, 0.25) is 0 Å². The van der Waals surface area contributed by atoms with Crippen molar-refractivity contribution in [2.75, 3.05) is 0 Å². The van der Waals surface area contributed by atoms with E-state index in [1.165, 1.54) is 0 Å². The maximum absolute atomic E-state index is 12.1. The van der Waals surface area contributed by atoms with Crippen molar-refractivity contribution in [1.29, 1.82) is 0 Å². The summed E-state index contributed by atoms with van der Waals surface area (Å²) in [4.78, 5) is 0. The van der Waals surface area contributed by atoms with Crippen molar-refractivity contribution in [2.24, 2.45) is 11.8 Å². The Morgan fingerprint density at radius 3 is 2.00 bits per heavy atom. The lowest BCUT2D eigenvalue weighted by Crippen LogP contribution is -2.16. The van der Waals surface area contributed by atoms with Crippen molar-refractivity contribution >= 4 is 0 Å². The van der Waals surface area contributed by atoms with Crippen LogP contribution in [0.4, 0.5) is 13.2 Å². The molecule has 0 aromatic carbocycles. The molecular weight excluding hydrogens is 177 g/mol. The van der Waals surface area contributed by atoms with Gasteiger partial charge in [-0.25, -0.2) is 0 Å². The zero-order chi connectivity index (χ0) is 10.5. The Morgan fingerprint density at radius 2 is 1.69 bits per heavy atom. The van der Waals surface area contributed by atoms with E-state index in [2.05, 4.69) is 0 Å². The monoisotopic (exact) mass is 196 g/mol. The predicted molar refractivity (Wildman–Crippen MR) is 48.5 cm³/mol. The minimum absolute atomic E-state index is 0.176. The Labute approximate surface area is 78.5 Å². The number of alkyl halides is 3. The lowest BCUT2D eigenvalue weighted by Gasteiger charge is -2.19. The van der Waals surface area contributed by atoms with Gasteiger partial charge in [-0.05, 0) is 18.3 Å². The van der Waals surface area contributed by atoms with Gasteiger partial charge in [0.05, 0.1) is 0 Å². The fourth-order valence-corrected chi connectivity index (χ4v) is 1.71. The summed E-state index contributed by atoms with van der Waals surface area (Å²) in [6.07, 6.45) is -2.38. The predicted octanol–water partition coefficient (Wildman–Crippen LogP) is 4.40. The SMILES string of the molecule is CCCC(CC(C)C)CC(F)(F)F. The molecule has 3 heteroatoms. The molecule has 0 nitrogen and oxygen atoms in total. The van der Waals surface area contributed by atoms with Crippen LogP contribution in [0.25, 0.3) is 0 Å². The molecule has 0 amide bonds. The summed E-state index contributed by atoms with van der Waals surface area (Å²) < 4.78 is 36.2. The molecule has 0 rings (SSSR count). The summed E-state index contributed by atoms with van der Waals surface area (Å²) in [5, 5.41) is 0. The molecule has 0 N–H and O–H groups in total. The average Bonchev–Trinajstić information content (AvgIpc) is 1.81. The van der Waals surface area contributed by atoms with Crippen LogP contribution in [0.3, 0.4) is 0 Å². The van der Waals surface area contributed by atoms with Gasteiger partial charge in [-0.3, -0.25) is 0 Å². The molecule has 0 aliphatic heterocycles. The molecule has 1 unspecified atom stereocenters. The van der Waals surface area contributed by atoms with Crippen LogP contribution in [0, 0.1) is 11.8 Å². The van der Waals surface area contributed by atoms with Crippen molar-refractivity contribution in [3.63, 3.8) is 0 Å². The maximum Gasteiger partial charge on any atom is 0.389 e. The lowest BCUT2D eigenvalue weighted by atomic mass is 9.90. The van der Waals surface area contributed by atoms with E-state index in [1.807, 2.05) is 20.8 Å². The molecule has 80 valence electrons. The van der Waals surface area contributed by atoms with E-state index in [0.29, 0.717) is 18.8 Å². The van der Waals surface area contributed by atoms with Crippen molar-refractivity contribution in [3.05, 3.63) is 0 Å². The van der Waals surface area contributed by atoms with Gasteiger partial charge < -0.3 is 0 Å². The van der Waals surface area contributed by atoms with Crippen LogP contribution < -0.4 is 0 Å². The largest absolute Gasteiger partial charge is 0.389 e. The summed E-state index contributed by atoms with van der Waals surface area (Å²) in [5.41, 5.74) is 0. The zero-order valence-electron chi connectivity index (χ0n) is 8.62. The highest BCUT2D eigenvalue weighted by atomic mass is 19.4. The first-order valence-electron chi connectivity index (χ1n) is 4.92. The van der Waals surface area contributed by atoms with E-state index < -0.39 is 12.6 Å². The summed E-state index contributed by atoms with van der Waals surface area (Å²) in [7, 11) is 0. The lowest BCUT2D eigenvalue weighted by molar-refractivity contribution is -0.146. The topological polar surface area (TPSA) is 0 Å². The summed E-state index contributed by atoms with van der Waals surface area (Å²) >= 11 is 0. The molecule has 0 fully saturated rings. The smallest absolute Gasteiger partial charge is 0.171 e. The summed E-state index contributed by atoms with van der Waals surface area (Å²) in [5.74, 6) is 0.184. The third-order valence-electron chi connectivity index (χ3n) is 2.02. The second-order valence-electron chi connectivity index (χ2n) is 4.10. The molecule has 0 aliphatic rings. The number of hydrogen-bond acceptors (Lipinski definition) is 0. The Balaban J connectivity index is 3.94. The van der Waals surface area contributed by atoms with Gasteiger partial charge in [0.1, 0.15) is 0 Å². The fraction of sp³-hybridized carbons (Fsp3) is 1.00. The standard InChI is InChI=1S/C10H19F3/c1-4-5-9(6-8(2)3)7-10(11,12)13/h8-9H,4-7H2,1-3H3. The molecular formula is C10H19F3. The highest BCUT2D eigenvalue weighted by Crippen LogP contribution is 2.30. The first-order chi connectivity index (χ1) is 5.85. The van der Waals surface area contributed by atoms with Crippen LogP contribution in [-0.2, 0) is 0 Å². The zero-order valence-corrected chi connectivity index (χ0v) is 8.62. The van der Waals surface area contributed by atoms with Gasteiger partial charge in [0.25, 0.3) is 0 Å². The molecule has 0 spiro atoms. The van der Waals surface area contributed by atoms with Crippen LogP contribution in [0.15, 0.2) is 0 Å². The average molecular weight is 196 g/mol. The van der Waals surface area contributed by atoms with Gasteiger partial charge >= 0.3 is 6.18 Å². The molecule has 0 bridgehead atoms. The molecule has 0 aromatic rings. The van der Waals surface area contributed by atoms with E-state index in [1.54, 1.807) is 0 Å². The van der Waals surface area contributed by atoms with Gasteiger partial charge in [0, 0.05) is 6.42 Å². The third-order valence-corrected chi connectivity index (χ3v) is 2.02. The third kappa shape index (κ3) is 8.13. The van der Waals surface area contributed by atoms with Crippen molar-refractivity contribution < 1.29 is 13.2 Å². The minimum atomic E-state index is -3.99. The highest BCUT2D eigenvalue weighted by molar-refractivity contribution is 4.65. The quantitative estimate of drug-likeness (QED) is 0.611. The van der Waals surface area contributed by atoms with Crippen molar-refractivity contribution in [2.45, 2.75) is 52.6 Å². The highest BCUT2D eigenvalue weighted by Gasteiger charge is 2.31. The fourth-order valence-electron chi connectivity index (χ4n) is 1.71. The second-order valence-corrected chi connectivity index (χ2v) is 4.10. The molecule has 0 aliphatic carbocycles. The molecule has 0 radical (unpaired) electrons. The Morgan fingerprint density at radius 1 is 1.15 bits per heavy atom. The van der Waals surface area contributed by atoms with E-state index in [0.717, 1.165) is 6.42 Å². The van der Waals surface area contributed by atoms with Crippen LogP contribution >= 0.6 is 0 Å². The Kier molecular flexibility index (Phi) is 5.42. The number of rotatable bonds is 5. The number of halogens is 3. The molecule has 0 saturated heterocycles. The maximum atomic E-state index is 12.1. The second kappa shape index (κ2) is 5.51. The van der Waals surface area contributed by atoms with E-state index in [4.69, 9.17) is 0 Å². The van der Waals surface area contributed by atoms with Crippen LogP contribution in [-0.4, -0.2) is 6.18 Å². The molecule has 0 heterocycles. The van der Waals surface area contributed by atoms with Crippen molar-refractivity contribution in [1.82, 2.24) is 0 Å². The van der Waals surface area contributed by atoms with E-state index >= 15 is 0 Å². The van der Waals surface area contributed by atoms with Gasteiger partial charge in [0.2, 0.25) is 0 Å². The summed E-state index contributed by atoms with van der Waals surface area (Å²) in [6, 6.07) is 0. The normalized spacial score (nSPS) is 15.0. The van der Waals surface area contributed by atoms with Crippen LogP contribution in [0.5, 0.6) is 0 Å². The van der Waals surface area contributed by atoms with Gasteiger partial charge in [-0.15, -0.1) is 0 Å². The van der Waals surface area contributed by atoms with Gasteiger partial charge in [0.15, 0.2) is 0 Å². The molecule has 1 atom stereocenters.